The number of benzene rings is 1. The van der Waals surface area contributed by atoms with Gasteiger partial charge in [0, 0.05) is 17.8 Å². The normalized spacial score (nSPS) is 30.7. The largest absolute Gasteiger partial charge is 0.382 e. The van der Waals surface area contributed by atoms with Crippen LogP contribution in [0.3, 0.4) is 0 Å². The van der Waals surface area contributed by atoms with Crippen LogP contribution in [0, 0.1) is 18.7 Å². The summed E-state index contributed by atoms with van der Waals surface area (Å²) in [6.45, 7) is 2.97. The van der Waals surface area contributed by atoms with Crippen LogP contribution in [0.5, 0.6) is 0 Å². The van der Waals surface area contributed by atoms with Crippen molar-refractivity contribution in [2.45, 2.75) is 51.1 Å². The zero-order valence-corrected chi connectivity index (χ0v) is 11.6. The van der Waals surface area contributed by atoms with E-state index >= 15 is 0 Å². The Hall–Kier alpha value is -1.09. The van der Waals surface area contributed by atoms with E-state index in [2.05, 4.69) is 10.6 Å². The Balaban J connectivity index is 1.69. The van der Waals surface area contributed by atoms with Gasteiger partial charge in [-0.15, -0.1) is 0 Å². The molecule has 1 aliphatic heterocycles. The molecule has 0 aromatic heterocycles. The summed E-state index contributed by atoms with van der Waals surface area (Å²) in [5.74, 6) is 0.588. The number of aryl methyl sites for hydroxylation is 1. The molecule has 19 heavy (non-hydrogen) atoms. The van der Waals surface area contributed by atoms with E-state index in [1.54, 1.807) is 13.0 Å². The van der Waals surface area contributed by atoms with E-state index in [0.29, 0.717) is 23.6 Å². The van der Waals surface area contributed by atoms with Crippen LogP contribution in [0.25, 0.3) is 0 Å². The van der Waals surface area contributed by atoms with Crippen LogP contribution >= 0.6 is 0 Å². The molecular formula is C16H23FN2. The summed E-state index contributed by atoms with van der Waals surface area (Å²) in [7, 11) is 0. The molecule has 0 bridgehead atoms. The fraction of sp³-hybridized carbons (Fsp3) is 0.625. The van der Waals surface area contributed by atoms with Gasteiger partial charge in [0.15, 0.2) is 0 Å². The molecule has 0 spiro atoms. The van der Waals surface area contributed by atoms with Crippen LogP contribution in [0.2, 0.25) is 0 Å². The number of halogens is 1. The maximum Gasteiger partial charge on any atom is 0.128 e. The molecule has 1 saturated carbocycles. The molecule has 3 atom stereocenters. The minimum atomic E-state index is -0.112. The summed E-state index contributed by atoms with van der Waals surface area (Å²) in [5, 5.41) is 7.18. The maximum absolute atomic E-state index is 13.6. The summed E-state index contributed by atoms with van der Waals surface area (Å²) in [4.78, 5) is 0. The lowest BCUT2D eigenvalue weighted by Gasteiger charge is -2.27. The fourth-order valence-corrected chi connectivity index (χ4v) is 3.62. The van der Waals surface area contributed by atoms with Gasteiger partial charge >= 0.3 is 0 Å². The van der Waals surface area contributed by atoms with Crippen molar-refractivity contribution in [1.82, 2.24) is 5.32 Å². The highest BCUT2D eigenvalue weighted by Crippen LogP contribution is 2.34. The van der Waals surface area contributed by atoms with Crippen LogP contribution in [-0.4, -0.2) is 18.6 Å². The first-order valence-electron chi connectivity index (χ1n) is 7.50. The number of hydrogen-bond donors (Lipinski definition) is 2. The predicted molar refractivity (Wildman–Crippen MR) is 76.9 cm³/mol. The molecule has 1 aromatic rings. The summed E-state index contributed by atoms with van der Waals surface area (Å²) in [6.07, 6.45) is 6.38. The summed E-state index contributed by atoms with van der Waals surface area (Å²) < 4.78 is 13.6. The van der Waals surface area contributed by atoms with Gasteiger partial charge in [0.2, 0.25) is 0 Å². The minimum absolute atomic E-state index is 0.112. The van der Waals surface area contributed by atoms with E-state index < -0.39 is 0 Å². The average Bonchev–Trinajstić information content (AvgIpc) is 3.04. The Bertz CT molecular complexity index is 440. The average molecular weight is 262 g/mol. The van der Waals surface area contributed by atoms with E-state index in [-0.39, 0.29) is 5.82 Å². The van der Waals surface area contributed by atoms with Gasteiger partial charge in [0.05, 0.1) is 0 Å². The van der Waals surface area contributed by atoms with Crippen LogP contribution in [0.4, 0.5) is 10.1 Å². The standard InChI is InChI=1S/C16H23FN2/c1-11-7-8-12(10-14(11)17)19-16-5-2-4-13(16)15-6-3-9-18-15/h7-8,10,13,15-16,18-19H,2-6,9H2,1H3. The smallest absolute Gasteiger partial charge is 0.128 e. The first-order chi connectivity index (χ1) is 9.24. The van der Waals surface area contributed by atoms with Gasteiger partial charge in [-0.25, -0.2) is 4.39 Å². The Morgan fingerprint density at radius 2 is 2.11 bits per heavy atom. The van der Waals surface area contributed by atoms with Gasteiger partial charge in [-0.05, 0) is 62.8 Å². The Kier molecular flexibility index (Phi) is 3.74. The molecule has 1 aliphatic carbocycles. The molecule has 3 heteroatoms. The molecule has 0 amide bonds. The second kappa shape index (κ2) is 5.49. The van der Waals surface area contributed by atoms with Crippen molar-refractivity contribution in [2.24, 2.45) is 5.92 Å². The third kappa shape index (κ3) is 2.76. The molecule has 2 aliphatic rings. The third-order valence-electron chi connectivity index (χ3n) is 4.71. The van der Waals surface area contributed by atoms with Crippen LogP contribution in [-0.2, 0) is 0 Å². The lowest BCUT2D eigenvalue weighted by molar-refractivity contribution is 0.376. The van der Waals surface area contributed by atoms with E-state index in [0.717, 1.165) is 12.2 Å². The lowest BCUT2D eigenvalue weighted by Crippen LogP contribution is -2.38. The monoisotopic (exact) mass is 262 g/mol. The van der Waals surface area contributed by atoms with Crippen molar-refractivity contribution in [3.63, 3.8) is 0 Å². The second-order valence-corrected chi connectivity index (χ2v) is 6.01. The molecule has 1 aromatic carbocycles. The summed E-state index contributed by atoms with van der Waals surface area (Å²) in [6, 6.07) is 6.64. The topological polar surface area (TPSA) is 24.1 Å². The molecule has 3 rings (SSSR count). The highest BCUT2D eigenvalue weighted by molar-refractivity contribution is 5.46. The molecule has 2 nitrogen and oxygen atoms in total. The highest BCUT2D eigenvalue weighted by Gasteiger charge is 2.34. The van der Waals surface area contributed by atoms with Gasteiger partial charge in [-0.2, -0.15) is 0 Å². The number of hydrogen-bond acceptors (Lipinski definition) is 2. The van der Waals surface area contributed by atoms with Gasteiger partial charge in [-0.1, -0.05) is 12.5 Å². The number of rotatable bonds is 3. The molecule has 2 N–H and O–H groups in total. The second-order valence-electron chi connectivity index (χ2n) is 6.01. The molecule has 1 saturated heterocycles. The summed E-state index contributed by atoms with van der Waals surface area (Å²) in [5.41, 5.74) is 1.64. The van der Waals surface area contributed by atoms with Gasteiger partial charge in [-0.3, -0.25) is 0 Å². The SMILES string of the molecule is Cc1ccc(NC2CCCC2C2CCCN2)cc1F. The van der Waals surface area contributed by atoms with Crippen LogP contribution in [0.15, 0.2) is 18.2 Å². The van der Waals surface area contributed by atoms with E-state index in [1.165, 1.54) is 32.1 Å². The third-order valence-corrected chi connectivity index (χ3v) is 4.71. The van der Waals surface area contributed by atoms with Crippen LogP contribution < -0.4 is 10.6 Å². The van der Waals surface area contributed by atoms with Crippen LogP contribution in [0.1, 0.15) is 37.7 Å². The van der Waals surface area contributed by atoms with Crippen molar-refractivity contribution >= 4 is 5.69 Å². The van der Waals surface area contributed by atoms with Gasteiger partial charge < -0.3 is 10.6 Å². The molecule has 104 valence electrons. The lowest BCUT2D eigenvalue weighted by atomic mass is 9.93. The number of anilines is 1. The zero-order valence-electron chi connectivity index (χ0n) is 11.6. The molecule has 0 radical (unpaired) electrons. The highest BCUT2D eigenvalue weighted by atomic mass is 19.1. The minimum Gasteiger partial charge on any atom is -0.382 e. The number of nitrogens with one attached hydrogen (secondary N) is 2. The first-order valence-corrected chi connectivity index (χ1v) is 7.50. The zero-order chi connectivity index (χ0) is 13.2. The Morgan fingerprint density at radius 1 is 1.21 bits per heavy atom. The van der Waals surface area contributed by atoms with E-state index in [4.69, 9.17) is 0 Å². The Morgan fingerprint density at radius 3 is 2.84 bits per heavy atom. The van der Waals surface area contributed by atoms with Crippen molar-refractivity contribution in [2.75, 3.05) is 11.9 Å². The van der Waals surface area contributed by atoms with Crippen molar-refractivity contribution in [1.29, 1.82) is 0 Å². The van der Waals surface area contributed by atoms with Crippen molar-refractivity contribution in [3.8, 4) is 0 Å². The predicted octanol–water partition coefficient (Wildman–Crippen LogP) is 3.47. The molecular weight excluding hydrogens is 239 g/mol. The van der Waals surface area contributed by atoms with Crippen molar-refractivity contribution < 1.29 is 4.39 Å². The first kappa shape index (κ1) is 12.9. The van der Waals surface area contributed by atoms with E-state index in [9.17, 15) is 4.39 Å². The Labute approximate surface area is 114 Å². The summed E-state index contributed by atoms with van der Waals surface area (Å²) >= 11 is 0. The fourth-order valence-electron chi connectivity index (χ4n) is 3.62. The quantitative estimate of drug-likeness (QED) is 0.871. The molecule has 1 heterocycles. The van der Waals surface area contributed by atoms with Gasteiger partial charge in [0.1, 0.15) is 5.82 Å². The molecule has 3 unspecified atom stereocenters. The maximum atomic E-state index is 13.6. The molecule has 2 fully saturated rings. The van der Waals surface area contributed by atoms with Crippen molar-refractivity contribution in [3.05, 3.63) is 29.6 Å². The van der Waals surface area contributed by atoms with Gasteiger partial charge in [0.25, 0.3) is 0 Å². The van der Waals surface area contributed by atoms with E-state index in [1.807, 2.05) is 12.1 Å².